The third kappa shape index (κ3) is 2.94. The smallest absolute Gasteiger partial charge is 0.125 e. The Balaban J connectivity index is 1.60. The zero-order chi connectivity index (χ0) is 15.8. The van der Waals surface area contributed by atoms with Crippen LogP contribution >= 0.6 is 11.9 Å². The summed E-state index contributed by atoms with van der Waals surface area (Å²) in [6.45, 7) is 2.09. The lowest BCUT2D eigenvalue weighted by Crippen LogP contribution is -2.25. The normalized spacial score (nSPS) is 14.9. The Morgan fingerprint density at radius 3 is 3.00 bits per heavy atom. The summed E-state index contributed by atoms with van der Waals surface area (Å²) in [5.41, 5.74) is 4.73. The molecule has 0 radical (unpaired) electrons. The minimum absolute atomic E-state index is 0.228. The van der Waals surface area contributed by atoms with Crippen LogP contribution < -0.4 is 4.72 Å². The molecule has 1 aliphatic heterocycles. The molecule has 2 aromatic carbocycles. The van der Waals surface area contributed by atoms with Crippen molar-refractivity contribution in [3.8, 4) is 0 Å². The van der Waals surface area contributed by atoms with E-state index in [1.54, 1.807) is 6.07 Å². The molecule has 3 aromatic rings. The largest absolute Gasteiger partial charge is 0.358 e. The molecule has 0 saturated carbocycles. The molecule has 0 fully saturated rings. The second-order valence-electron chi connectivity index (χ2n) is 5.99. The Labute approximate surface area is 139 Å². The molecule has 4 rings (SSSR count). The zero-order valence-corrected chi connectivity index (χ0v) is 13.7. The fourth-order valence-electron chi connectivity index (χ4n) is 3.06. The van der Waals surface area contributed by atoms with Gasteiger partial charge in [0.25, 0.3) is 0 Å². The van der Waals surface area contributed by atoms with Gasteiger partial charge < -0.3 is 14.6 Å². The maximum Gasteiger partial charge on any atom is 0.125 e. The van der Waals surface area contributed by atoms with Gasteiger partial charge in [0.15, 0.2) is 0 Å². The topological polar surface area (TPSA) is 31.1 Å². The van der Waals surface area contributed by atoms with Crippen molar-refractivity contribution < 1.29 is 4.39 Å². The van der Waals surface area contributed by atoms with E-state index >= 15 is 0 Å². The Hall–Kier alpha value is -1.98. The number of halogens is 1. The first-order chi connectivity index (χ1) is 11.2. The van der Waals surface area contributed by atoms with Crippen molar-refractivity contribution in [3.05, 3.63) is 59.5 Å². The summed E-state index contributed by atoms with van der Waals surface area (Å²) < 4.78 is 16.4. The molecule has 3 nitrogen and oxygen atoms in total. The number of nitrogens with one attached hydrogen (secondary N) is 2. The lowest BCUT2D eigenvalue weighted by Gasteiger charge is -2.22. The molecule has 0 bridgehead atoms. The number of hydrogen-bond donors (Lipinski definition) is 2. The lowest BCUT2D eigenvalue weighted by molar-refractivity contribution is 0.313. The molecule has 0 spiro atoms. The SMILES string of the molecule is CN1CCc2[nH]c3ccc(SNc4cccc(F)c4)cc3c2C1. The van der Waals surface area contributed by atoms with Crippen LogP contribution in [0.15, 0.2) is 47.4 Å². The highest BCUT2D eigenvalue weighted by molar-refractivity contribution is 8.00. The number of H-pyrrole nitrogens is 1. The van der Waals surface area contributed by atoms with Crippen molar-refractivity contribution in [1.29, 1.82) is 0 Å². The van der Waals surface area contributed by atoms with Crippen molar-refractivity contribution in [2.75, 3.05) is 18.3 Å². The van der Waals surface area contributed by atoms with Crippen LogP contribution in [0.25, 0.3) is 10.9 Å². The Morgan fingerprint density at radius 1 is 1.22 bits per heavy atom. The number of rotatable bonds is 3. The minimum Gasteiger partial charge on any atom is -0.358 e. The minimum atomic E-state index is -0.228. The summed E-state index contributed by atoms with van der Waals surface area (Å²) in [5, 5.41) is 1.29. The molecule has 1 aromatic heterocycles. The molecule has 0 atom stereocenters. The number of anilines is 1. The van der Waals surface area contributed by atoms with Crippen molar-refractivity contribution in [3.63, 3.8) is 0 Å². The van der Waals surface area contributed by atoms with E-state index in [2.05, 4.69) is 39.9 Å². The van der Waals surface area contributed by atoms with Gasteiger partial charge in [0.05, 0.1) is 0 Å². The third-order valence-electron chi connectivity index (χ3n) is 4.25. The third-order valence-corrected chi connectivity index (χ3v) is 5.08. The van der Waals surface area contributed by atoms with E-state index in [0.29, 0.717) is 0 Å². The highest BCUT2D eigenvalue weighted by Gasteiger charge is 2.18. The number of fused-ring (bicyclic) bond motifs is 3. The predicted octanol–water partition coefficient (Wildman–Crippen LogP) is 4.41. The van der Waals surface area contributed by atoms with E-state index in [0.717, 1.165) is 30.1 Å². The number of aromatic amines is 1. The Kier molecular flexibility index (Phi) is 3.75. The van der Waals surface area contributed by atoms with Crippen LogP contribution in [0, 0.1) is 5.82 Å². The number of benzene rings is 2. The number of likely N-dealkylation sites (N-methyl/N-ethyl adjacent to an activating group) is 1. The predicted molar refractivity (Wildman–Crippen MR) is 94.2 cm³/mol. The van der Waals surface area contributed by atoms with Gasteiger partial charge in [-0.05, 0) is 61.0 Å². The molecule has 1 aliphatic rings. The van der Waals surface area contributed by atoms with Crippen LogP contribution in [0.2, 0.25) is 0 Å². The molecule has 23 heavy (non-hydrogen) atoms. The second-order valence-corrected chi connectivity index (χ2v) is 6.87. The summed E-state index contributed by atoms with van der Waals surface area (Å²) in [6.07, 6.45) is 1.07. The van der Waals surface area contributed by atoms with Gasteiger partial charge in [0, 0.05) is 46.7 Å². The van der Waals surface area contributed by atoms with Crippen molar-refractivity contribution in [1.82, 2.24) is 9.88 Å². The fraction of sp³-hybridized carbons (Fsp3) is 0.222. The van der Waals surface area contributed by atoms with Gasteiger partial charge in [-0.2, -0.15) is 0 Å². The maximum atomic E-state index is 13.2. The van der Waals surface area contributed by atoms with Gasteiger partial charge in [-0.15, -0.1) is 0 Å². The molecule has 5 heteroatoms. The van der Waals surface area contributed by atoms with Crippen LogP contribution in [0.1, 0.15) is 11.3 Å². The van der Waals surface area contributed by atoms with Crippen molar-refractivity contribution >= 4 is 28.5 Å². The Morgan fingerprint density at radius 2 is 2.13 bits per heavy atom. The van der Waals surface area contributed by atoms with Gasteiger partial charge >= 0.3 is 0 Å². The lowest BCUT2D eigenvalue weighted by atomic mass is 10.1. The van der Waals surface area contributed by atoms with Crippen molar-refractivity contribution in [2.45, 2.75) is 17.9 Å². The summed E-state index contributed by atoms with van der Waals surface area (Å²) >= 11 is 1.51. The first-order valence-electron chi connectivity index (χ1n) is 7.69. The Bertz CT molecular complexity index is 859. The standard InChI is InChI=1S/C18H18FN3S/c1-22-8-7-18-16(11-22)15-10-14(5-6-17(15)20-18)23-21-13-4-2-3-12(19)9-13/h2-6,9-10,20-21H,7-8,11H2,1H3. The van der Waals surface area contributed by atoms with E-state index in [-0.39, 0.29) is 5.82 Å². The van der Waals surface area contributed by atoms with Gasteiger partial charge in [-0.3, -0.25) is 0 Å². The summed E-state index contributed by atoms with van der Waals surface area (Å²) in [7, 11) is 2.16. The average Bonchev–Trinajstić information content (AvgIpc) is 2.90. The van der Waals surface area contributed by atoms with Gasteiger partial charge in [-0.25, -0.2) is 4.39 Å². The molecule has 0 aliphatic carbocycles. The first kappa shape index (κ1) is 14.6. The number of hydrogen-bond acceptors (Lipinski definition) is 3. The fourth-order valence-corrected chi connectivity index (χ4v) is 3.74. The average molecular weight is 327 g/mol. The van der Waals surface area contributed by atoms with E-state index in [4.69, 9.17) is 0 Å². The summed E-state index contributed by atoms with van der Waals surface area (Å²) in [6, 6.07) is 12.9. The quantitative estimate of drug-likeness (QED) is 0.699. The van der Waals surface area contributed by atoms with Gasteiger partial charge in [0.2, 0.25) is 0 Å². The first-order valence-corrected chi connectivity index (χ1v) is 8.51. The van der Waals surface area contributed by atoms with Crippen LogP contribution in [-0.2, 0) is 13.0 Å². The van der Waals surface area contributed by atoms with Crippen LogP contribution in [0.3, 0.4) is 0 Å². The maximum absolute atomic E-state index is 13.2. The summed E-state index contributed by atoms with van der Waals surface area (Å²) in [4.78, 5) is 7.01. The summed E-state index contributed by atoms with van der Waals surface area (Å²) in [5.74, 6) is -0.228. The van der Waals surface area contributed by atoms with Crippen LogP contribution in [0.5, 0.6) is 0 Å². The number of nitrogens with zero attached hydrogens (tertiary/aromatic N) is 1. The molecule has 0 saturated heterocycles. The van der Waals surface area contributed by atoms with E-state index in [1.807, 2.05) is 6.07 Å². The highest BCUT2D eigenvalue weighted by Crippen LogP contribution is 2.31. The zero-order valence-electron chi connectivity index (χ0n) is 12.9. The van der Waals surface area contributed by atoms with E-state index in [9.17, 15) is 4.39 Å². The molecule has 2 N–H and O–H groups in total. The van der Waals surface area contributed by atoms with Crippen LogP contribution in [-0.4, -0.2) is 23.5 Å². The molecular weight excluding hydrogens is 309 g/mol. The highest BCUT2D eigenvalue weighted by atomic mass is 32.2. The van der Waals surface area contributed by atoms with Crippen molar-refractivity contribution in [2.24, 2.45) is 0 Å². The van der Waals surface area contributed by atoms with E-state index < -0.39 is 0 Å². The molecular formula is C18H18FN3S. The number of aromatic nitrogens is 1. The van der Waals surface area contributed by atoms with Crippen LogP contribution in [0.4, 0.5) is 10.1 Å². The van der Waals surface area contributed by atoms with Gasteiger partial charge in [0.1, 0.15) is 5.82 Å². The molecule has 0 amide bonds. The second kappa shape index (κ2) is 5.91. The molecule has 0 unspecified atom stereocenters. The van der Waals surface area contributed by atoms with Gasteiger partial charge in [-0.1, -0.05) is 6.07 Å². The molecule has 118 valence electrons. The monoisotopic (exact) mass is 327 g/mol. The van der Waals surface area contributed by atoms with E-state index in [1.165, 1.54) is 46.2 Å². The molecule has 2 heterocycles.